The molecule has 0 bridgehead atoms. The summed E-state index contributed by atoms with van der Waals surface area (Å²) in [4.78, 5) is 25.2. The van der Waals surface area contributed by atoms with Gasteiger partial charge in [-0.25, -0.2) is 0 Å². The van der Waals surface area contributed by atoms with E-state index in [-0.39, 0.29) is 38.6 Å². The average molecular weight is 699 g/mol. The Morgan fingerprint density at radius 2 is 1.02 bits per heavy atom. The Kier molecular flexibility index (Phi) is 14.7. The van der Waals surface area contributed by atoms with Gasteiger partial charge in [-0.2, -0.15) is 0 Å². The number of aliphatic hydroxyl groups is 5. The van der Waals surface area contributed by atoms with E-state index in [1.807, 2.05) is 0 Å². The Balaban J connectivity index is 1.27. The van der Waals surface area contributed by atoms with Crippen LogP contribution in [-0.4, -0.2) is 99.1 Å². The molecular formula is C40H58O10. The summed E-state index contributed by atoms with van der Waals surface area (Å²) >= 11 is 0. The summed E-state index contributed by atoms with van der Waals surface area (Å²) in [5, 5.41) is 49.7. The standard InChI is InChI=1S/C40H58O10/c1-39(2,46)37(44)30-13-9-28(10-14-30)36(29-11-15-31(16-12-29)38(45)40(3,4)47)50-25-33(43)24-49-35-19-7-27(8-20-35)21-26-5-17-34(18-6-26)48-23-32(42)22-41/h9-16,26-27,32-36,41-43,46-47H,5-8,17-25H2,1-4H3. The highest BCUT2D eigenvalue weighted by molar-refractivity contribution is 6.02. The van der Waals surface area contributed by atoms with Gasteiger partial charge >= 0.3 is 0 Å². The SMILES string of the molecule is CC(C)(O)C(=O)c1ccc(C(OCC(O)COC2CCC(CC3CCC(OCC(O)CO)CC3)CC2)c2ccc(C(=O)C(C)(C)O)cc2)cc1. The summed E-state index contributed by atoms with van der Waals surface area (Å²) < 4.78 is 18.2. The molecule has 2 aromatic carbocycles. The predicted molar refractivity (Wildman–Crippen MR) is 189 cm³/mol. The molecule has 278 valence electrons. The van der Waals surface area contributed by atoms with Crippen molar-refractivity contribution in [2.24, 2.45) is 11.8 Å². The van der Waals surface area contributed by atoms with Gasteiger partial charge in [0.2, 0.25) is 0 Å². The van der Waals surface area contributed by atoms with Gasteiger partial charge in [0, 0.05) is 11.1 Å². The molecule has 10 nitrogen and oxygen atoms in total. The number of hydrogen-bond acceptors (Lipinski definition) is 10. The van der Waals surface area contributed by atoms with Crippen molar-refractivity contribution < 1.29 is 49.3 Å². The Morgan fingerprint density at radius 3 is 1.38 bits per heavy atom. The maximum absolute atomic E-state index is 12.6. The van der Waals surface area contributed by atoms with Crippen molar-refractivity contribution in [1.29, 1.82) is 0 Å². The molecule has 0 heterocycles. The summed E-state index contributed by atoms with van der Waals surface area (Å²) in [6.45, 7) is 5.85. The van der Waals surface area contributed by atoms with Crippen molar-refractivity contribution in [1.82, 2.24) is 0 Å². The van der Waals surface area contributed by atoms with Crippen molar-refractivity contribution in [3.05, 3.63) is 70.8 Å². The number of rotatable bonds is 18. The third-order valence-electron chi connectivity index (χ3n) is 10.0. The third kappa shape index (κ3) is 12.0. The minimum Gasteiger partial charge on any atom is -0.394 e. The van der Waals surface area contributed by atoms with Gasteiger partial charge in [0.1, 0.15) is 29.5 Å². The molecule has 10 heteroatoms. The Labute approximate surface area is 296 Å². The Bertz CT molecular complexity index is 1260. The predicted octanol–water partition coefficient (Wildman–Crippen LogP) is 4.95. The number of ketones is 2. The fourth-order valence-corrected chi connectivity index (χ4v) is 7.05. The highest BCUT2D eigenvalue weighted by Crippen LogP contribution is 2.37. The zero-order valence-corrected chi connectivity index (χ0v) is 30.1. The second-order valence-electron chi connectivity index (χ2n) is 15.4. The highest BCUT2D eigenvalue weighted by Gasteiger charge is 2.30. The van der Waals surface area contributed by atoms with Gasteiger partial charge in [-0.3, -0.25) is 9.59 Å². The van der Waals surface area contributed by atoms with Crippen LogP contribution in [0.15, 0.2) is 48.5 Å². The summed E-state index contributed by atoms with van der Waals surface area (Å²) in [5.74, 6) is 0.577. The largest absolute Gasteiger partial charge is 0.394 e. The van der Waals surface area contributed by atoms with Gasteiger partial charge in [0.05, 0.1) is 38.6 Å². The van der Waals surface area contributed by atoms with Gasteiger partial charge in [-0.1, -0.05) is 48.5 Å². The molecule has 0 amide bonds. The molecule has 50 heavy (non-hydrogen) atoms. The van der Waals surface area contributed by atoms with Crippen LogP contribution in [0.3, 0.4) is 0 Å². The van der Waals surface area contributed by atoms with Gasteiger partial charge in [-0.05, 0) is 108 Å². The lowest BCUT2D eigenvalue weighted by molar-refractivity contribution is -0.0667. The fourth-order valence-electron chi connectivity index (χ4n) is 7.05. The van der Waals surface area contributed by atoms with E-state index in [1.54, 1.807) is 48.5 Å². The number of aliphatic hydroxyl groups excluding tert-OH is 3. The summed E-state index contributed by atoms with van der Waals surface area (Å²) in [6.07, 6.45) is 7.62. The van der Waals surface area contributed by atoms with Crippen LogP contribution in [0.5, 0.6) is 0 Å². The number of benzene rings is 2. The molecular weight excluding hydrogens is 640 g/mol. The second-order valence-corrected chi connectivity index (χ2v) is 15.4. The van der Waals surface area contributed by atoms with Crippen LogP contribution >= 0.6 is 0 Å². The van der Waals surface area contributed by atoms with E-state index in [0.717, 1.165) is 62.5 Å². The number of hydrogen-bond donors (Lipinski definition) is 5. The van der Waals surface area contributed by atoms with Crippen LogP contribution in [-0.2, 0) is 14.2 Å². The summed E-state index contributed by atoms with van der Waals surface area (Å²) in [5.41, 5.74) is -0.829. The van der Waals surface area contributed by atoms with Crippen LogP contribution in [0.2, 0.25) is 0 Å². The van der Waals surface area contributed by atoms with Crippen molar-refractivity contribution in [2.45, 2.75) is 127 Å². The molecule has 0 saturated heterocycles. The van der Waals surface area contributed by atoms with Crippen molar-refractivity contribution in [2.75, 3.05) is 26.4 Å². The Morgan fingerprint density at radius 1 is 0.640 bits per heavy atom. The second kappa shape index (κ2) is 18.3. The molecule has 5 N–H and O–H groups in total. The quantitative estimate of drug-likeness (QED) is 0.135. The molecule has 2 saturated carbocycles. The molecule has 2 unspecified atom stereocenters. The number of carbonyl (C=O) groups is 2. The molecule has 0 aliphatic heterocycles. The maximum atomic E-state index is 12.6. The van der Waals surface area contributed by atoms with Crippen LogP contribution in [0.25, 0.3) is 0 Å². The molecule has 2 aliphatic carbocycles. The molecule has 2 fully saturated rings. The summed E-state index contributed by atoms with van der Waals surface area (Å²) in [6, 6.07) is 13.6. The fraction of sp³-hybridized carbons (Fsp3) is 0.650. The van der Waals surface area contributed by atoms with Crippen molar-refractivity contribution in [3.8, 4) is 0 Å². The molecule has 0 aromatic heterocycles. The first-order valence-electron chi connectivity index (χ1n) is 18.2. The molecule has 0 spiro atoms. The smallest absolute Gasteiger partial charge is 0.193 e. The van der Waals surface area contributed by atoms with E-state index >= 15 is 0 Å². The van der Waals surface area contributed by atoms with E-state index in [4.69, 9.17) is 19.3 Å². The first kappa shape index (κ1) is 40.2. The average Bonchev–Trinajstić information content (AvgIpc) is 3.10. The third-order valence-corrected chi connectivity index (χ3v) is 10.0. The first-order valence-corrected chi connectivity index (χ1v) is 18.2. The minimum absolute atomic E-state index is 0.0000664. The lowest BCUT2D eigenvalue weighted by Gasteiger charge is -2.34. The first-order chi connectivity index (χ1) is 23.6. The number of Topliss-reactive ketones (excluding diaryl/α,β-unsaturated/α-hetero) is 2. The van der Waals surface area contributed by atoms with Crippen molar-refractivity contribution >= 4 is 11.6 Å². The van der Waals surface area contributed by atoms with Gasteiger partial charge < -0.3 is 39.7 Å². The Hall–Kier alpha value is -2.54. The number of ether oxygens (including phenoxy) is 3. The highest BCUT2D eigenvalue weighted by atomic mass is 16.5. The van der Waals surface area contributed by atoms with Gasteiger partial charge in [0.15, 0.2) is 11.6 Å². The molecule has 2 atom stereocenters. The molecule has 2 aromatic rings. The van der Waals surface area contributed by atoms with E-state index in [2.05, 4.69) is 0 Å². The monoisotopic (exact) mass is 698 g/mol. The van der Waals surface area contributed by atoms with Crippen molar-refractivity contribution in [3.63, 3.8) is 0 Å². The normalized spacial score (nSPS) is 23.1. The van der Waals surface area contributed by atoms with E-state index in [9.17, 15) is 30.0 Å². The molecule has 2 aliphatic rings. The zero-order chi connectivity index (χ0) is 36.5. The lowest BCUT2D eigenvalue weighted by Crippen LogP contribution is -2.31. The van der Waals surface area contributed by atoms with Crippen LogP contribution in [0.4, 0.5) is 0 Å². The van der Waals surface area contributed by atoms with E-state index < -0.39 is 41.1 Å². The van der Waals surface area contributed by atoms with Crippen LogP contribution in [0.1, 0.15) is 123 Å². The topological polar surface area (TPSA) is 163 Å². The van der Waals surface area contributed by atoms with Crippen LogP contribution in [0, 0.1) is 11.8 Å². The minimum atomic E-state index is -1.51. The maximum Gasteiger partial charge on any atom is 0.193 e. The molecule has 4 rings (SSSR count). The zero-order valence-electron chi connectivity index (χ0n) is 30.1. The van der Waals surface area contributed by atoms with E-state index in [1.165, 1.54) is 34.1 Å². The van der Waals surface area contributed by atoms with E-state index in [0.29, 0.717) is 23.0 Å². The summed E-state index contributed by atoms with van der Waals surface area (Å²) in [7, 11) is 0. The van der Waals surface area contributed by atoms with Crippen LogP contribution < -0.4 is 0 Å². The molecule has 0 radical (unpaired) electrons. The van der Waals surface area contributed by atoms with Gasteiger partial charge in [0.25, 0.3) is 0 Å². The van der Waals surface area contributed by atoms with Gasteiger partial charge in [-0.15, -0.1) is 0 Å². The number of carbonyl (C=O) groups excluding carboxylic acids is 2. The lowest BCUT2D eigenvalue weighted by atomic mass is 9.76.